The molecule has 2 aromatic rings. The number of rotatable bonds is 3. The average molecular weight is 531 g/mol. The molecular formula is C18H11Br2ClN2O5. The molecular weight excluding hydrogens is 519 g/mol. The van der Waals surface area contributed by atoms with Gasteiger partial charge in [0.2, 0.25) is 0 Å². The van der Waals surface area contributed by atoms with Crippen LogP contribution in [0.2, 0.25) is 5.02 Å². The van der Waals surface area contributed by atoms with Crippen molar-refractivity contribution in [2.24, 2.45) is 0 Å². The Bertz CT molecular complexity index is 1040. The third-order valence-corrected chi connectivity index (χ3v) is 6.29. The van der Waals surface area contributed by atoms with E-state index in [9.17, 15) is 19.5 Å². The standard InChI is InChI=1S/C18H11Br2ClN2O5/c1-28-12-7-8(13(19)14(20)15(12)24)6-11-16(25)22-18(27)23(17(11)26)10-4-2-9(21)3-5-10/h2-7,24H,1H3,(H,22,25,27)/b11-6+. The maximum absolute atomic E-state index is 12.9. The van der Waals surface area contributed by atoms with Gasteiger partial charge in [-0.05, 0) is 73.8 Å². The Balaban J connectivity index is 2.09. The molecule has 0 aliphatic carbocycles. The van der Waals surface area contributed by atoms with E-state index in [0.717, 1.165) is 4.90 Å². The van der Waals surface area contributed by atoms with Crippen molar-refractivity contribution < 1.29 is 24.2 Å². The van der Waals surface area contributed by atoms with Crippen LogP contribution in [0.3, 0.4) is 0 Å². The molecule has 1 aliphatic heterocycles. The molecule has 1 saturated heterocycles. The molecule has 0 bridgehead atoms. The number of imide groups is 2. The van der Waals surface area contributed by atoms with Crippen LogP contribution in [-0.4, -0.2) is 30.1 Å². The van der Waals surface area contributed by atoms with Gasteiger partial charge in [0.1, 0.15) is 5.57 Å². The van der Waals surface area contributed by atoms with Crippen molar-refractivity contribution in [1.82, 2.24) is 5.32 Å². The zero-order valence-electron chi connectivity index (χ0n) is 14.1. The van der Waals surface area contributed by atoms with Crippen molar-refractivity contribution >= 4 is 73.1 Å². The minimum absolute atomic E-state index is 0.135. The van der Waals surface area contributed by atoms with E-state index in [2.05, 4.69) is 37.2 Å². The van der Waals surface area contributed by atoms with E-state index < -0.39 is 17.8 Å². The number of halogens is 3. The molecule has 0 atom stereocenters. The number of carbonyl (C=O) groups excluding carboxylic acids is 3. The van der Waals surface area contributed by atoms with E-state index in [-0.39, 0.29) is 27.2 Å². The number of aromatic hydroxyl groups is 1. The fraction of sp³-hybridized carbons (Fsp3) is 0.0556. The van der Waals surface area contributed by atoms with Crippen molar-refractivity contribution in [3.63, 3.8) is 0 Å². The number of hydrogen-bond donors (Lipinski definition) is 2. The highest BCUT2D eigenvalue weighted by Gasteiger charge is 2.37. The Morgan fingerprint density at radius 3 is 2.39 bits per heavy atom. The van der Waals surface area contributed by atoms with Gasteiger partial charge in [-0.15, -0.1) is 0 Å². The molecule has 1 aliphatic rings. The quantitative estimate of drug-likeness (QED) is 0.457. The molecule has 2 aromatic carbocycles. The van der Waals surface area contributed by atoms with Crippen LogP contribution in [0.25, 0.3) is 6.08 Å². The summed E-state index contributed by atoms with van der Waals surface area (Å²) >= 11 is 12.4. The predicted octanol–water partition coefficient (Wildman–Crippen LogP) is 4.25. The zero-order valence-corrected chi connectivity index (χ0v) is 18.1. The number of phenolic OH excluding ortho intramolecular Hbond substituents is 1. The molecule has 0 aromatic heterocycles. The number of phenols is 1. The zero-order chi connectivity index (χ0) is 20.6. The summed E-state index contributed by atoms with van der Waals surface area (Å²) in [6.07, 6.45) is 1.30. The summed E-state index contributed by atoms with van der Waals surface area (Å²) in [4.78, 5) is 38.2. The van der Waals surface area contributed by atoms with Crippen LogP contribution in [0.4, 0.5) is 10.5 Å². The van der Waals surface area contributed by atoms with Gasteiger partial charge in [-0.25, -0.2) is 9.69 Å². The summed E-state index contributed by atoms with van der Waals surface area (Å²) in [6.45, 7) is 0. The van der Waals surface area contributed by atoms with Gasteiger partial charge < -0.3 is 9.84 Å². The van der Waals surface area contributed by atoms with Gasteiger partial charge in [-0.3, -0.25) is 14.9 Å². The number of nitrogens with zero attached hydrogens (tertiary/aromatic N) is 1. The lowest BCUT2D eigenvalue weighted by molar-refractivity contribution is -0.122. The Kier molecular flexibility index (Phi) is 5.78. The molecule has 7 nitrogen and oxygen atoms in total. The minimum atomic E-state index is -0.863. The Labute approximate surface area is 181 Å². The lowest BCUT2D eigenvalue weighted by atomic mass is 10.1. The number of amides is 4. The number of urea groups is 1. The summed E-state index contributed by atoms with van der Waals surface area (Å²) in [5.74, 6) is -1.65. The number of hydrogen-bond acceptors (Lipinski definition) is 5. The lowest BCUT2D eigenvalue weighted by Crippen LogP contribution is -2.54. The van der Waals surface area contributed by atoms with Crippen LogP contribution < -0.4 is 15.0 Å². The molecule has 4 amide bonds. The van der Waals surface area contributed by atoms with Crippen LogP contribution >= 0.6 is 43.5 Å². The minimum Gasteiger partial charge on any atom is -0.503 e. The number of ether oxygens (including phenoxy) is 1. The molecule has 2 N–H and O–H groups in total. The summed E-state index contributed by atoms with van der Waals surface area (Å²) in [7, 11) is 1.37. The molecule has 1 fully saturated rings. The largest absolute Gasteiger partial charge is 0.503 e. The average Bonchev–Trinajstić information content (AvgIpc) is 2.66. The number of nitrogens with one attached hydrogen (secondary N) is 1. The van der Waals surface area contributed by atoms with E-state index in [4.69, 9.17) is 16.3 Å². The first-order chi connectivity index (χ1) is 13.2. The van der Waals surface area contributed by atoms with Crippen molar-refractivity contribution in [3.8, 4) is 11.5 Å². The van der Waals surface area contributed by atoms with Crippen molar-refractivity contribution in [1.29, 1.82) is 0 Å². The van der Waals surface area contributed by atoms with Crippen LogP contribution in [0.5, 0.6) is 11.5 Å². The second-order valence-electron chi connectivity index (χ2n) is 5.58. The normalized spacial score (nSPS) is 15.8. The first kappa shape index (κ1) is 20.4. The smallest absolute Gasteiger partial charge is 0.335 e. The second-order valence-corrected chi connectivity index (χ2v) is 7.60. The maximum atomic E-state index is 12.9. The van der Waals surface area contributed by atoms with E-state index in [1.165, 1.54) is 43.5 Å². The van der Waals surface area contributed by atoms with E-state index in [1.807, 2.05) is 0 Å². The Morgan fingerprint density at radius 2 is 1.79 bits per heavy atom. The van der Waals surface area contributed by atoms with E-state index >= 15 is 0 Å². The van der Waals surface area contributed by atoms with Gasteiger partial charge in [0.05, 0.1) is 17.3 Å². The van der Waals surface area contributed by atoms with Crippen LogP contribution in [-0.2, 0) is 9.59 Å². The van der Waals surface area contributed by atoms with Gasteiger partial charge >= 0.3 is 6.03 Å². The third-order valence-electron chi connectivity index (χ3n) is 3.88. The molecule has 1 heterocycles. The first-order valence-electron chi connectivity index (χ1n) is 7.66. The van der Waals surface area contributed by atoms with Crippen LogP contribution in [0.15, 0.2) is 44.9 Å². The highest BCUT2D eigenvalue weighted by Crippen LogP contribution is 2.42. The van der Waals surface area contributed by atoms with Gasteiger partial charge in [0.25, 0.3) is 11.8 Å². The third kappa shape index (κ3) is 3.65. The lowest BCUT2D eigenvalue weighted by Gasteiger charge is -2.26. The molecule has 0 spiro atoms. The number of methoxy groups -OCH3 is 1. The summed E-state index contributed by atoms with van der Waals surface area (Å²) < 4.78 is 5.77. The van der Waals surface area contributed by atoms with Crippen molar-refractivity contribution in [3.05, 3.63) is 55.4 Å². The number of carbonyl (C=O) groups is 3. The maximum Gasteiger partial charge on any atom is 0.335 e. The number of barbiturate groups is 1. The monoisotopic (exact) mass is 528 g/mol. The molecule has 144 valence electrons. The Hall–Kier alpha value is -2.36. The summed E-state index contributed by atoms with van der Waals surface area (Å²) in [5.41, 5.74) is 0.370. The van der Waals surface area contributed by atoms with E-state index in [1.54, 1.807) is 0 Å². The second kappa shape index (κ2) is 7.94. The molecule has 3 rings (SSSR count). The highest BCUT2D eigenvalue weighted by molar-refractivity contribution is 9.13. The fourth-order valence-corrected chi connectivity index (χ4v) is 3.48. The highest BCUT2D eigenvalue weighted by atomic mass is 79.9. The molecule has 10 heteroatoms. The topological polar surface area (TPSA) is 95.9 Å². The van der Waals surface area contributed by atoms with Crippen molar-refractivity contribution in [2.45, 2.75) is 0 Å². The van der Waals surface area contributed by atoms with Crippen LogP contribution in [0, 0.1) is 0 Å². The first-order valence-corrected chi connectivity index (χ1v) is 9.63. The van der Waals surface area contributed by atoms with Gasteiger partial charge in [0.15, 0.2) is 11.5 Å². The molecule has 28 heavy (non-hydrogen) atoms. The SMILES string of the molecule is COc1cc(/C=C2\C(=O)NC(=O)N(c3ccc(Cl)cc3)C2=O)c(Br)c(Br)c1O. The summed E-state index contributed by atoms with van der Waals surface area (Å²) in [5, 5.41) is 12.6. The fourth-order valence-electron chi connectivity index (χ4n) is 2.51. The summed E-state index contributed by atoms with van der Waals surface area (Å²) in [6, 6.07) is 6.61. The van der Waals surface area contributed by atoms with E-state index in [0.29, 0.717) is 15.1 Å². The molecule has 0 radical (unpaired) electrons. The predicted molar refractivity (Wildman–Crippen MR) is 111 cm³/mol. The van der Waals surface area contributed by atoms with Crippen LogP contribution in [0.1, 0.15) is 5.56 Å². The number of anilines is 1. The number of benzene rings is 2. The van der Waals surface area contributed by atoms with Gasteiger partial charge in [-0.1, -0.05) is 11.6 Å². The van der Waals surface area contributed by atoms with Gasteiger partial charge in [0, 0.05) is 9.50 Å². The molecule has 0 saturated carbocycles. The molecule has 0 unspecified atom stereocenters. The van der Waals surface area contributed by atoms with Crippen molar-refractivity contribution in [2.75, 3.05) is 12.0 Å². The van der Waals surface area contributed by atoms with Gasteiger partial charge in [-0.2, -0.15) is 0 Å². The Morgan fingerprint density at radius 1 is 1.14 bits per heavy atom.